The number of benzene rings is 2. The fourth-order valence-electron chi connectivity index (χ4n) is 4.38. The summed E-state index contributed by atoms with van der Waals surface area (Å²) >= 11 is 6.39. The summed E-state index contributed by atoms with van der Waals surface area (Å²) in [7, 11) is 0. The lowest BCUT2D eigenvalue weighted by molar-refractivity contribution is -0.124. The maximum Gasteiger partial charge on any atom is 0.255 e. The Labute approximate surface area is 175 Å². The van der Waals surface area contributed by atoms with Crippen LogP contribution in [0.2, 0.25) is 5.02 Å². The molecule has 3 aromatic rings. The van der Waals surface area contributed by atoms with Gasteiger partial charge in [-0.3, -0.25) is 9.59 Å². The molecular weight excluding hydrogens is 384 g/mol. The number of Topliss-reactive ketones (excluding diaryl/α,β-unsaturated/α-hetero) is 1. The van der Waals surface area contributed by atoms with E-state index in [2.05, 4.69) is 22.4 Å². The maximum atomic E-state index is 13.0. The normalized spacial score (nSPS) is 19.3. The molecule has 1 aromatic heterocycles. The molecule has 29 heavy (non-hydrogen) atoms. The number of halogens is 1. The molecule has 0 bridgehead atoms. The van der Waals surface area contributed by atoms with Gasteiger partial charge in [0.05, 0.1) is 0 Å². The molecule has 2 atom stereocenters. The molecule has 1 fully saturated rings. The van der Waals surface area contributed by atoms with Crippen molar-refractivity contribution in [3.05, 3.63) is 81.2 Å². The van der Waals surface area contributed by atoms with E-state index in [4.69, 9.17) is 11.6 Å². The zero-order valence-electron chi connectivity index (χ0n) is 16.3. The third kappa shape index (κ3) is 4.44. The van der Waals surface area contributed by atoms with Gasteiger partial charge in [-0.15, -0.1) is 0 Å². The van der Waals surface area contributed by atoms with Crippen molar-refractivity contribution < 1.29 is 4.79 Å². The highest BCUT2D eigenvalue weighted by molar-refractivity contribution is 6.32. The monoisotopic (exact) mass is 408 g/mol. The predicted octanol–water partition coefficient (Wildman–Crippen LogP) is 4.47. The first-order valence-corrected chi connectivity index (χ1v) is 10.6. The van der Waals surface area contributed by atoms with Crippen LogP contribution in [-0.4, -0.2) is 23.9 Å². The second-order valence-corrected chi connectivity index (χ2v) is 8.18. The van der Waals surface area contributed by atoms with Crippen molar-refractivity contribution in [1.82, 2.24) is 10.3 Å². The van der Waals surface area contributed by atoms with E-state index in [0.29, 0.717) is 28.5 Å². The number of rotatable bonds is 6. The highest BCUT2D eigenvalue weighted by Gasteiger charge is 2.31. The van der Waals surface area contributed by atoms with E-state index in [9.17, 15) is 9.59 Å². The summed E-state index contributed by atoms with van der Waals surface area (Å²) in [6.07, 6.45) is 4.66. The van der Waals surface area contributed by atoms with Gasteiger partial charge in [-0.1, -0.05) is 41.9 Å². The molecule has 1 aliphatic rings. The molecule has 0 spiro atoms. The summed E-state index contributed by atoms with van der Waals surface area (Å²) in [5.74, 6) is 0.636. The van der Waals surface area contributed by atoms with E-state index in [1.165, 1.54) is 5.56 Å². The van der Waals surface area contributed by atoms with Crippen molar-refractivity contribution in [3.8, 4) is 0 Å². The van der Waals surface area contributed by atoms with Crippen LogP contribution < -0.4 is 10.9 Å². The third-order valence-corrected chi connectivity index (χ3v) is 6.29. The molecule has 150 valence electrons. The second-order valence-electron chi connectivity index (χ2n) is 7.77. The number of H-pyrrole nitrogens is 1. The van der Waals surface area contributed by atoms with E-state index >= 15 is 0 Å². The van der Waals surface area contributed by atoms with E-state index < -0.39 is 0 Å². The standard InChI is InChI=1S/C24H25ClN2O2/c25-22-14-20-17(9-12-27-24(20)29)13-18(22)7-4-8-23(28)21-15-26-11-10-19(21)16-5-2-1-3-6-16/h1-3,5-6,9,12-14,19,21,26H,4,7-8,10-11,15H2,(H,27,29)/t19-,21+/m1/s1. The number of carbonyl (C=O) groups is 1. The third-order valence-electron chi connectivity index (χ3n) is 5.93. The van der Waals surface area contributed by atoms with Crippen molar-refractivity contribution in [1.29, 1.82) is 0 Å². The largest absolute Gasteiger partial charge is 0.329 e. The molecule has 5 heteroatoms. The summed E-state index contributed by atoms with van der Waals surface area (Å²) in [6, 6.07) is 15.9. The highest BCUT2D eigenvalue weighted by atomic mass is 35.5. The number of aromatic amines is 1. The molecule has 1 saturated heterocycles. The minimum Gasteiger partial charge on any atom is -0.329 e. The van der Waals surface area contributed by atoms with Crippen molar-refractivity contribution in [3.63, 3.8) is 0 Å². The summed E-state index contributed by atoms with van der Waals surface area (Å²) in [4.78, 5) is 27.6. The molecular formula is C24H25ClN2O2. The summed E-state index contributed by atoms with van der Waals surface area (Å²) in [6.45, 7) is 1.70. The van der Waals surface area contributed by atoms with Gasteiger partial charge in [0, 0.05) is 35.5 Å². The number of hydrogen-bond donors (Lipinski definition) is 2. The number of ketones is 1. The first-order valence-electron chi connectivity index (χ1n) is 10.2. The number of pyridine rings is 1. The number of carbonyl (C=O) groups excluding carboxylic acids is 1. The van der Waals surface area contributed by atoms with Crippen LogP contribution in [0.15, 0.2) is 59.5 Å². The summed E-state index contributed by atoms with van der Waals surface area (Å²) in [5.41, 5.74) is 2.11. The quantitative estimate of drug-likeness (QED) is 0.632. The molecule has 1 aliphatic heterocycles. The molecule has 0 amide bonds. The van der Waals surface area contributed by atoms with Crippen LogP contribution >= 0.6 is 11.6 Å². The average Bonchev–Trinajstić information content (AvgIpc) is 2.75. The van der Waals surface area contributed by atoms with Gasteiger partial charge in [-0.25, -0.2) is 0 Å². The number of fused-ring (bicyclic) bond motifs is 1. The van der Waals surface area contributed by atoms with Crippen LogP contribution in [0.4, 0.5) is 0 Å². The Bertz CT molecular complexity index is 1060. The van der Waals surface area contributed by atoms with Gasteiger partial charge < -0.3 is 10.3 Å². The molecule has 0 saturated carbocycles. The average molecular weight is 409 g/mol. The van der Waals surface area contributed by atoms with Crippen molar-refractivity contribution in [2.75, 3.05) is 13.1 Å². The fraction of sp³-hybridized carbons (Fsp3) is 0.333. The maximum absolute atomic E-state index is 13.0. The number of hydrogen-bond acceptors (Lipinski definition) is 3. The molecule has 0 unspecified atom stereocenters. The van der Waals surface area contributed by atoms with E-state index in [0.717, 1.165) is 43.3 Å². The SMILES string of the molecule is O=C(CCCc1cc2cc[nH]c(=O)c2cc1Cl)[C@H]1CNCC[C@@H]1c1ccccc1. The highest BCUT2D eigenvalue weighted by Crippen LogP contribution is 2.32. The molecule has 4 rings (SSSR count). The van der Waals surface area contributed by atoms with E-state index in [-0.39, 0.29) is 11.5 Å². The number of aromatic nitrogens is 1. The van der Waals surface area contributed by atoms with E-state index in [1.807, 2.05) is 30.3 Å². The van der Waals surface area contributed by atoms with Gasteiger partial charge in [0.2, 0.25) is 0 Å². The Morgan fingerprint density at radius 1 is 1.14 bits per heavy atom. The summed E-state index contributed by atoms with van der Waals surface area (Å²) in [5, 5.41) is 5.44. The van der Waals surface area contributed by atoms with Gasteiger partial charge in [0.1, 0.15) is 5.78 Å². The van der Waals surface area contributed by atoms with E-state index in [1.54, 1.807) is 12.3 Å². The second kappa shape index (κ2) is 8.93. The zero-order valence-corrected chi connectivity index (χ0v) is 17.0. The van der Waals surface area contributed by atoms with Crippen molar-refractivity contribution in [2.24, 2.45) is 5.92 Å². The van der Waals surface area contributed by atoms with Crippen molar-refractivity contribution in [2.45, 2.75) is 31.6 Å². The van der Waals surface area contributed by atoms with Crippen molar-refractivity contribution >= 4 is 28.2 Å². The zero-order chi connectivity index (χ0) is 20.2. The van der Waals surface area contributed by atoms with Gasteiger partial charge in [0.25, 0.3) is 5.56 Å². The fourth-order valence-corrected chi connectivity index (χ4v) is 4.64. The Hall–Kier alpha value is -2.43. The molecule has 4 nitrogen and oxygen atoms in total. The van der Waals surface area contributed by atoms with Gasteiger partial charge in [0.15, 0.2) is 0 Å². The minimum absolute atomic E-state index is 0.0248. The first kappa shape index (κ1) is 19.9. The predicted molar refractivity (Wildman–Crippen MR) is 118 cm³/mol. The lowest BCUT2D eigenvalue weighted by atomic mass is 9.78. The molecule has 0 radical (unpaired) electrons. The van der Waals surface area contributed by atoms with Crippen LogP contribution in [0.3, 0.4) is 0 Å². The molecule has 2 heterocycles. The van der Waals surface area contributed by atoms with Gasteiger partial charge >= 0.3 is 0 Å². The van der Waals surface area contributed by atoms with Crippen LogP contribution in [0.25, 0.3) is 10.8 Å². The number of piperidine rings is 1. The van der Waals surface area contributed by atoms with Gasteiger partial charge in [-0.05, 0) is 66.4 Å². The van der Waals surface area contributed by atoms with Crippen LogP contribution in [0.5, 0.6) is 0 Å². The number of nitrogens with one attached hydrogen (secondary N) is 2. The first-order chi connectivity index (χ1) is 14.1. The molecule has 2 N–H and O–H groups in total. The molecule has 2 aromatic carbocycles. The van der Waals surface area contributed by atoms with Crippen LogP contribution in [-0.2, 0) is 11.2 Å². The van der Waals surface area contributed by atoms with Crippen LogP contribution in [0.1, 0.15) is 36.3 Å². The smallest absolute Gasteiger partial charge is 0.255 e. The lowest BCUT2D eigenvalue weighted by Gasteiger charge is -2.31. The topological polar surface area (TPSA) is 62.0 Å². The Kier molecular flexibility index (Phi) is 6.12. The minimum atomic E-state index is -0.136. The summed E-state index contributed by atoms with van der Waals surface area (Å²) < 4.78 is 0. The lowest BCUT2D eigenvalue weighted by Crippen LogP contribution is -2.39. The van der Waals surface area contributed by atoms with Crippen LogP contribution in [0, 0.1) is 5.92 Å². The Balaban J connectivity index is 1.42. The Morgan fingerprint density at radius 2 is 1.97 bits per heavy atom. The van der Waals surface area contributed by atoms with Gasteiger partial charge in [-0.2, -0.15) is 0 Å². The number of aryl methyl sites for hydroxylation is 1. The Morgan fingerprint density at radius 3 is 2.79 bits per heavy atom. The molecule has 0 aliphatic carbocycles.